The number of halogens is 2. The van der Waals surface area contributed by atoms with Gasteiger partial charge < -0.3 is 20.5 Å². The Labute approximate surface area is 113 Å². The van der Waals surface area contributed by atoms with Gasteiger partial charge in [-0.05, 0) is 12.1 Å². The summed E-state index contributed by atoms with van der Waals surface area (Å²) in [7, 11) is 1.40. The second-order valence-corrected chi connectivity index (χ2v) is 3.89. The van der Waals surface area contributed by atoms with Crippen LogP contribution in [0.2, 0.25) is 0 Å². The summed E-state index contributed by atoms with van der Waals surface area (Å²) < 4.78 is 30.7. The minimum atomic E-state index is -1.24. The van der Waals surface area contributed by atoms with Crippen molar-refractivity contribution in [3.05, 3.63) is 29.8 Å². The highest BCUT2D eigenvalue weighted by atomic mass is 19.1. The molecule has 1 atom stereocenters. The van der Waals surface area contributed by atoms with Crippen molar-refractivity contribution in [2.45, 2.75) is 12.5 Å². The van der Waals surface area contributed by atoms with E-state index in [1.165, 1.54) is 7.11 Å². The topological polar surface area (TPSA) is 87.7 Å². The molecule has 3 N–H and O–H groups in total. The van der Waals surface area contributed by atoms with E-state index in [2.05, 4.69) is 10.6 Å². The highest BCUT2D eigenvalue weighted by Gasteiger charge is 2.20. The summed E-state index contributed by atoms with van der Waals surface area (Å²) in [6, 6.07) is 0.542. The largest absolute Gasteiger partial charge is 0.480 e. The summed E-state index contributed by atoms with van der Waals surface area (Å²) in [4.78, 5) is 22.4. The molecule has 110 valence electrons. The lowest BCUT2D eigenvalue weighted by Gasteiger charge is -2.15. The lowest BCUT2D eigenvalue weighted by molar-refractivity contribution is -0.139. The van der Waals surface area contributed by atoms with Gasteiger partial charge in [-0.1, -0.05) is 0 Å². The average Bonchev–Trinajstić information content (AvgIpc) is 2.37. The molecule has 0 heterocycles. The van der Waals surface area contributed by atoms with E-state index in [1.807, 2.05) is 0 Å². The third kappa shape index (κ3) is 4.81. The first-order valence-corrected chi connectivity index (χ1v) is 5.68. The van der Waals surface area contributed by atoms with E-state index >= 15 is 0 Å². The number of hydrogen-bond donors (Lipinski definition) is 3. The maximum atomic E-state index is 13.3. The average molecular weight is 288 g/mol. The number of carbonyl (C=O) groups is 2. The normalized spacial score (nSPS) is 11.8. The fourth-order valence-electron chi connectivity index (χ4n) is 1.40. The highest BCUT2D eigenvalue weighted by Crippen LogP contribution is 2.14. The maximum Gasteiger partial charge on any atom is 0.326 e. The number of carboxylic acids is 1. The molecule has 1 rings (SSSR count). The Bertz CT molecular complexity index is 496. The van der Waals surface area contributed by atoms with E-state index in [0.717, 1.165) is 12.1 Å². The number of urea groups is 1. The summed E-state index contributed by atoms with van der Waals surface area (Å²) >= 11 is 0. The molecular weight excluding hydrogens is 274 g/mol. The van der Waals surface area contributed by atoms with Gasteiger partial charge in [0.15, 0.2) is 0 Å². The van der Waals surface area contributed by atoms with E-state index in [1.54, 1.807) is 0 Å². The van der Waals surface area contributed by atoms with Crippen molar-refractivity contribution < 1.29 is 28.2 Å². The smallest absolute Gasteiger partial charge is 0.326 e. The molecule has 0 spiro atoms. The number of rotatable bonds is 6. The van der Waals surface area contributed by atoms with E-state index in [-0.39, 0.29) is 18.7 Å². The monoisotopic (exact) mass is 288 g/mol. The molecule has 0 fully saturated rings. The molecule has 1 aromatic rings. The van der Waals surface area contributed by atoms with Crippen molar-refractivity contribution in [2.75, 3.05) is 19.0 Å². The van der Waals surface area contributed by atoms with Crippen LogP contribution in [-0.4, -0.2) is 36.9 Å². The molecule has 6 nitrogen and oxygen atoms in total. The van der Waals surface area contributed by atoms with Gasteiger partial charge in [-0.2, -0.15) is 0 Å². The fourth-order valence-corrected chi connectivity index (χ4v) is 1.40. The minimum absolute atomic E-state index is 0.0607. The lowest BCUT2D eigenvalue weighted by Crippen LogP contribution is -2.43. The van der Waals surface area contributed by atoms with Crippen LogP contribution >= 0.6 is 0 Å². The number of methoxy groups -OCH3 is 1. The van der Waals surface area contributed by atoms with Gasteiger partial charge in [0.05, 0.1) is 5.69 Å². The Hall–Kier alpha value is -2.22. The van der Waals surface area contributed by atoms with Crippen LogP contribution < -0.4 is 10.6 Å². The van der Waals surface area contributed by atoms with Crippen molar-refractivity contribution in [1.82, 2.24) is 5.32 Å². The van der Waals surface area contributed by atoms with Gasteiger partial charge in [-0.25, -0.2) is 18.4 Å². The Balaban J connectivity index is 2.63. The van der Waals surface area contributed by atoms with E-state index in [0.29, 0.717) is 6.07 Å². The quantitative estimate of drug-likeness (QED) is 0.741. The Morgan fingerprint density at radius 2 is 2.10 bits per heavy atom. The molecule has 0 saturated heterocycles. The van der Waals surface area contributed by atoms with Crippen molar-refractivity contribution in [1.29, 1.82) is 0 Å². The Morgan fingerprint density at radius 3 is 2.65 bits per heavy atom. The number of carbonyl (C=O) groups excluding carboxylic acids is 1. The molecule has 1 unspecified atom stereocenters. The predicted octanol–water partition coefficient (Wildman–Crippen LogP) is 1.58. The van der Waals surface area contributed by atoms with Crippen LogP contribution in [0.4, 0.5) is 19.3 Å². The second kappa shape index (κ2) is 7.39. The van der Waals surface area contributed by atoms with Gasteiger partial charge in [0, 0.05) is 26.2 Å². The second-order valence-electron chi connectivity index (χ2n) is 3.89. The number of aliphatic carboxylic acids is 1. The van der Waals surface area contributed by atoms with E-state index < -0.39 is 29.7 Å². The number of ether oxygens (including phenoxy) is 1. The minimum Gasteiger partial charge on any atom is -0.480 e. The number of carboxylic acid groups (broad SMARTS) is 1. The van der Waals surface area contributed by atoms with Gasteiger partial charge in [0.25, 0.3) is 0 Å². The van der Waals surface area contributed by atoms with Crippen LogP contribution in [0.5, 0.6) is 0 Å². The van der Waals surface area contributed by atoms with Gasteiger partial charge in [0.2, 0.25) is 0 Å². The van der Waals surface area contributed by atoms with Crippen molar-refractivity contribution in [3.63, 3.8) is 0 Å². The van der Waals surface area contributed by atoms with Crippen LogP contribution in [0.15, 0.2) is 18.2 Å². The van der Waals surface area contributed by atoms with Gasteiger partial charge in [-0.15, -0.1) is 0 Å². The number of nitrogens with one attached hydrogen (secondary N) is 2. The van der Waals surface area contributed by atoms with E-state index in [4.69, 9.17) is 9.84 Å². The van der Waals surface area contributed by atoms with Crippen LogP contribution in [0.25, 0.3) is 0 Å². The Kier molecular flexibility index (Phi) is 5.85. The van der Waals surface area contributed by atoms with Crippen molar-refractivity contribution in [3.8, 4) is 0 Å². The lowest BCUT2D eigenvalue weighted by atomic mass is 10.2. The summed E-state index contributed by atoms with van der Waals surface area (Å²) in [5.74, 6) is -2.97. The zero-order chi connectivity index (χ0) is 15.1. The molecule has 2 amide bonds. The first-order valence-electron chi connectivity index (χ1n) is 5.68. The molecule has 0 saturated carbocycles. The molecule has 0 aliphatic rings. The first-order chi connectivity index (χ1) is 9.43. The Morgan fingerprint density at radius 1 is 1.40 bits per heavy atom. The first kappa shape index (κ1) is 15.8. The van der Waals surface area contributed by atoms with Gasteiger partial charge >= 0.3 is 12.0 Å². The number of amides is 2. The van der Waals surface area contributed by atoms with Crippen LogP contribution in [0.1, 0.15) is 6.42 Å². The molecule has 0 radical (unpaired) electrons. The molecule has 0 aliphatic heterocycles. The molecule has 20 heavy (non-hydrogen) atoms. The maximum absolute atomic E-state index is 13.3. The van der Waals surface area contributed by atoms with Crippen LogP contribution in [0.3, 0.4) is 0 Å². The third-order valence-corrected chi connectivity index (χ3v) is 2.39. The zero-order valence-corrected chi connectivity index (χ0v) is 10.7. The summed E-state index contributed by atoms with van der Waals surface area (Å²) in [6.45, 7) is 0.141. The third-order valence-electron chi connectivity index (χ3n) is 2.39. The van der Waals surface area contributed by atoms with Crippen molar-refractivity contribution >= 4 is 17.7 Å². The molecular formula is C12H14F2N2O4. The number of anilines is 1. The van der Waals surface area contributed by atoms with E-state index in [9.17, 15) is 18.4 Å². The molecule has 1 aromatic carbocycles. The molecule has 0 aromatic heterocycles. The standard InChI is InChI=1S/C12H14F2N2O4/c1-20-5-4-10(11(17)18)16-12(19)15-9-3-2-7(13)6-8(9)14/h2-3,6,10H,4-5H2,1H3,(H,17,18)(H2,15,16,19). The summed E-state index contributed by atoms with van der Waals surface area (Å²) in [6.07, 6.45) is 0.0607. The summed E-state index contributed by atoms with van der Waals surface area (Å²) in [5.41, 5.74) is -0.250. The molecule has 8 heteroatoms. The van der Waals surface area contributed by atoms with Crippen LogP contribution in [0, 0.1) is 11.6 Å². The number of benzene rings is 1. The molecule has 0 bridgehead atoms. The highest BCUT2D eigenvalue weighted by molar-refractivity contribution is 5.92. The van der Waals surface area contributed by atoms with Gasteiger partial charge in [0.1, 0.15) is 17.7 Å². The molecule has 0 aliphatic carbocycles. The van der Waals surface area contributed by atoms with Gasteiger partial charge in [-0.3, -0.25) is 0 Å². The zero-order valence-electron chi connectivity index (χ0n) is 10.7. The SMILES string of the molecule is COCCC(NC(=O)Nc1ccc(F)cc1F)C(=O)O. The van der Waals surface area contributed by atoms with Crippen LogP contribution in [-0.2, 0) is 9.53 Å². The fraction of sp³-hybridized carbons (Fsp3) is 0.333. The van der Waals surface area contributed by atoms with Crippen molar-refractivity contribution in [2.24, 2.45) is 0 Å². The summed E-state index contributed by atoms with van der Waals surface area (Å²) in [5, 5.41) is 13.1. The predicted molar refractivity (Wildman–Crippen MR) is 66.4 cm³/mol. The number of hydrogen-bond acceptors (Lipinski definition) is 3.